The lowest BCUT2D eigenvalue weighted by Gasteiger charge is -2.42. The van der Waals surface area contributed by atoms with Crippen LogP contribution in [0.3, 0.4) is 0 Å². The van der Waals surface area contributed by atoms with E-state index in [1.165, 1.54) is 16.2 Å². The Kier molecular flexibility index (Phi) is 11.0. The van der Waals surface area contributed by atoms with Crippen molar-refractivity contribution in [2.45, 2.75) is 122 Å². The summed E-state index contributed by atoms with van der Waals surface area (Å²) in [5.41, 5.74) is -1.15. The first-order chi connectivity index (χ1) is 24.2. The second kappa shape index (κ2) is 14.6. The molecule has 4 N–H and O–H groups in total. The number of rotatable bonds is 10. The van der Waals surface area contributed by atoms with Gasteiger partial charge in [-0.3, -0.25) is 24.4 Å². The second-order valence-corrected chi connectivity index (χ2v) is 18.7. The highest BCUT2D eigenvalue weighted by Gasteiger charge is 2.52. The molecule has 52 heavy (non-hydrogen) atoms. The first-order valence-corrected chi connectivity index (χ1v) is 19.8. The maximum atomic E-state index is 14.4. The minimum Gasteiger partial charge on any atom is -0.444 e. The molecule has 2 heterocycles. The fourth-order valence-electron chi connectivity index (χ4n) is 6.16. The molecule has 0 spiro atoms. The minimum atomic E-state index is -3.88. The van der Waals surface area contributed by atoms with E-state index >= 15 is 0 Å². The van der Waals surface area contributed by atoms with Gasteiger partial charge in [0, 0.05) is 23.6 Å². The van der Waals surface area contributed by atoms with Crippen molar-refractivity contribution in [1.29, 1.82) is 0 Å². The molecular formula is C35H48N6O9S2. The number of nitrogens with zero attached hydrogens (tertiary/aromatic N) is 2. The molecule has 3 aliphatic rings. The zero-order chi connectivity index (χ0) is 38.2. The van der Waals surface area contributed by atoms with Crippen LogP contribution in [0.2, 0.25) is 0 Å². The average Bonchev–Trinajstić information content (AvgIpc) is 3.58. The molecule has 0 radical (unpaired) electrons. The van der Waals surface area contributed by atoms with Gasteiger partial charge in [0.2, 0.25) is 21.8 Å². The summed E-state index contributed by atoms with van der Waals surface area (Å²) in [4.78, 5) is 73.6. The highest BCUT2D eigenvalue weighted by molar-refractivity contribution is 7.91. The van der Waals surface area contributed by atoms with Crippen LogP contribution in [0.5, 0.6) is 0 Å². The molecule has 0 bridgehead atoms. The zero-order valence-electron chi connectivity index (χ0n) is 30.5. The molecule has 17 heteroatoms. The van der Waals surface area contributed by atoms with Gasteiger partial charge in [-0.1, -0.05) is 26.8 Å². The van der Waals surface area contributed by atoms with Crippen LogP contribution in [-0.2, 0) is 33.9 Å². The predicted molar refractivity (Wildman–Crippen MR) is 194 cm³/mol. The van der Waals surface area contributed by atoms with Crippen LogP contribution in [-0.4, -0.2) is 89.3 Å². The van der Waals surface area contributed by atoms with E-state index in [9.17, 15) is 32.4 Å². The first kappa shape index (κ1) is 39.0. The molecule has 3 fully saturated rings. The van der Waals surface area contributed by atoms with Gasteiger partial charge < -0.3 is 25.0 Å². The second-order valence-electron chi connectivity index (χ2n) is 15.8. The molecule has 1 aromatic heterocycles. The third kappa shape index (κ3) is 9.21. The maximum absolute atomic E-state index is 14.4. The predicted octanol–water partition coefficient (Wildman–Crippen LogP) is 4.22. The number of likely N-dealkylation sites (tertiary alicyclic amines) is 1. The first-order valence-electron chi connectivity index (χ1n) is 17.3. The number of anilines is 1. The van der Waals surface area contributed by atoms with E-state index in [2.05, 4.69) is 25.7 Å². The Morgan fingerprint density at radius 1 is 1.04 bits per heavy atom. The summed E-state index contributed by atoms with van der Waals surface area (Å²) in [6.45, 7) is 12.0. The zero-order valence-corrected chi connectivity index (χ0v) is 32.2. The monoisotopic (exact) mass is 760 g/mol. The minimum absolute atomic E-state index is 0.125. The van der Waals surface area contributed by atoms with Gasteiger partial charge in [0.15, 0.2) is 0 Å². The van der Waals surface area contributed by atoms with E-state index in [1.807, 2.05) is 24.4 Å². The third-order valence-electron chi connectivity index (χ3n) is 9.17. The Hall–Kier alpha value is -4.25. The summed E-state index contributed by atoms with van der Waals surface area (Å²) < 4.78 is 38.6. The number of carbonyl (C=O) groups is 5. The van der Waals surface area contributed by atoms with Gasteiger partial charge in [-0.25, -0.2) is 23.0 Å². The third-order valence-corrected chi connectivity index (χ3v) is 11.8. The lowest BCUT2D eigenvalue weighted by molar-refractivity contribution is -0.144. The maximum Gasteiger partial charge on any atom is 0.411 e. The largest absolute Gasteiger partial charge is 0.444 e. The molecule has 284 valence electrons. The number of thiazole rings is 1. The van der Waals surface area contributed by atoms with Crippen LogP contribution < -0.4 is 20.7 Å². The Bertz CT molecular complexity index is 1810. The molecule has 5 amide bonds. The van der Waals surface area contributed by atoms with Gasteiger partial charge in [-0.2, -0.15) is 0 Å². The fourth-order valence-corrected chi connectivity index (χ4v) is 8.21. The number of aromatic nitrogens is 1. The highest BCUT2D eigenvalue weighted by Crippen LogP contribution is 2.36. The Morgan fingerprint density at radius 3 is 2.29 bits per heavy atom. The summed E-state index contributed by atoms with van der Waals surface area (Å²) in [7, 11) is -3.88. The molecule has 1 saturated heterocycles. The van der Waals surface area contributed by atoms with Crippen LogP contribution >= 0.6 is 11.3 Å². The number of sulfonamides is 1. The number of benzene rings is 1. The number of carbonyl (C=O) groups excluding carboxylic acids is 5. The van der Waals surface area contributed by atoms with Crippen molar-refractivity contribution in [2.75, 3.05) is 11.9 Å². The molecule has 0 unspecified atom stereocenters. The van der Waals surface area contributed by atoms with Crippen LogP contribution in [0, 0.1) is 12.3 Å². The van der Waals surface area contributed by atoms with Crippen molar-refractivity contribution < 1.29 is 41.9 Å². The molecule has 2 aliphatic carbocycles. The van der Waals surface area contributed by atoms with Crippen molar-refractivity contribution in [2.24, 2.45) is 5.41 Å². The Morgan fingerprint density at radius 2 is 1.73 bits per heavy atom. The van der Waals surface area contributed by atoms with Gasteiger partial charge in [-0.15, -0.1) is 11.3 Å². The van der Waals surface area contributed by atoms with Crippen LogP contribution in [0.4, 0.5) is 15.3 Å². The quantitative estimate of drug-likeness (QED) is 0.272. The van der Waals surface area contributed by atoms with Crippen molar-refractivity contribution in [3.8, 4) is 10.6 Å². The van der Waals surface area contributed by atoms with Crippen molar-refractivity contribution in [1.82, 2.24) is 25.2 Å². The summed E-state index contributed by atoms with van der Waals surface area (Å²) >= 11 is 1.40. The molecule has 2 saturated carbocycles. The van der Waals surface area contributed by atoms with E-state index in [-0.39, 0.29) is 25.8 Å². The lowest BCUT2D eigenvalue weighted by atomic mass is 9.76. The topological polar surface area (TPSA) is 202 Å². The summed E-state index contributed by atoms with van der Waals surface area (Å²) in [6, 6.07) is 3.12. The molecule has 1 aliphatic heterocycles. The summed E-state index contributed by atoms with van der Waals surface area (Å²) in [6.07, 6.45) is 0.818. The van der Waals surface area contributed by atoms with Crippen molar-refractivity contribution in [3.63, 3.8) is 0 Å². The normalized spacial score (nSPS) is 20.6. The number of amides is 5. The molecule has 5 rings (SSSR count). The number of ether oxygens (including phenoxy) is 2. The van der Waals surface area contributed by atoms with Gasteiger partial charge in [0.25, 0.3) is 5.91 Å². The summed E-state index contributed by atoms with van der Waals surface area (Å²) in [5.74, 6) is -2.17. The molecular weight excluding hydrogens is 713 g/mol. The van der Waals surface area contributed by atoms with Gasteiger partial charge in [-0.05, 0) is 82.9 Å². The SMILES string of the molecule is Cc1ccc(-c2nccs2)c(NC(=O)O[C@@H]2C[C@@H](C(=O)NC3(C(=O)NS(=O)(=O)C4CC4)CCC3)N(C(=O)[C@@H](NC(=O)OC(C)(C)C)C(C)(C)C)C2)c1. The van der Waals surface area contributed by atoms with Crippen molar-refractivity contribution >= 4 is 57.0 Å². The standard InChI is InChI=1S/C35H48N6O9S2/c1-20-9-12-23(28-36-15-16-51-28)24(17-20)37-31(45)49-21-18-25(27(42)39-35(13-8-14-35)30(44)40-52(47,48)22-10-11-22)41(19-21)29(43)26(33(2,3)4)38-32(46)50-34(5,6)7/h9,12,15-17,21-22,25-26H,8,10-11,13-14,18-19H2,1-7H3,(H,37,45)(H,38,46)(H,39,42)(H,40,44)/t21-,25+,26-/m1/s1. The molecule has 1 aromatic carbocycles. The highest BCUT2D eigenvalue weighted by atomic mass is 32.2. The number of nitrogens with one attached hydrogen (secondary N) is 4. The van der Waals surface area contributed by atoms with Crippen LogP contribution in [0.25, 0.3) is 10.6 Å². The van der Waals surface area contributed by atoms with E-state index in [0.29, 0.717) is 35.5 Å². The molecule has 2 aromatic rings. The molecule has 15 nitrogen and oxygen atoms in total. The van der Waals surface area contributed by atoms with Gasteiger partial charge in [0.05, 0.1) is 17.5 Å². The van der Waals surface area contributed by atoms with Crippen molar-refractivity contribution in [3.05, 3.63) is 35.3 Å². The molecule has 3 atom stereocenters. The summed E-state index contributed by atoms with van der Waals surface area (Å²) in [5, 5.41) is 10.0. The van der Waals surface area contributed by atoms with E-state index in [0.717, 1.165) is 5.56 Å². The average molecular weight is 761 g/mol. The van der Waals surface area contributed by atoms with Gasteiger partial charge in [0.1, 0.15) is 34.3 Å². The van der Waals surface area contributed by atoms with Crippen LogP contribution in [0.15, 0.2) is 29.8 Å². The number of hydrogen-bond acceptors (Lipinski definition) is 11. The van der Waals surface area contributed by atoms with E-state index in [4.69, 9.17) is 9.47 Å². The fraction of sp³-hybridized carbons (Fsp3) is 0.600. The van der Waals surface area contributed by atoms with Crippen LogP contribution in [0.1, 0.15) is 85.6 Å². The van der Waals surface area contributed by atoms with E-state index in [1.54, 1.807) is 53.8 Å². The van der Waals surface area contributed by atoms with Gasteiger partial charge >= 0.3 is 12.2 Å². The Balaban J connectivity index is 1.38. The Labute approximate surface area is 308 Å². The smallest absolute Gasteiger partial charge is 0.411 e. The van der Waals surface area contributed by atoms with E-state index < -0.39 is 79.9 Å². The number of alkyl carbamates (subject to hydrolysis) is 1. The number of hydrogen-bond donors (Lipinski definition) is 4. The number of aryl methyl sites for hydroxylation is 1. The lowest BCUT2D eigenvalue weighted by Crippen LogP contribution is -2.66.